The molecule has 6 N–H and O–H groups in total. The van der Waals surface area contributed by atoms with Crippen molar-refractivity contribution in [2.75, 3.05) is 14.1 Å². The van der Waals surface area contributed by atoms with Crippen molar-refractivity contribution in [1.82, 2.24) is 9.88 Å². The van der Waals surface area contributed by atoms with Crippen molar-refractivity contribution in [1.29, 1.82) is 0 Å². The zero-order valence-electron chi connectivity index (χ0n) is 21.0. The molecule has 1 aromatic heterocycles. The van der Waals surface area contributed by atoms with Crippen LogP contribution in [0, 0.1) is 11.8 Å². The number of likely N-dealkylation sites (N-methyl/N-ethyl adjacent to an activating group) is 1. The van der Waals surface area contributed by atoms with Crippen molar-refractivity contribution in [3.05, 3.63) is 81.6 Å². The summed E-state index contributed by atoms with van der Waals surface area (Å²) in [5.41, 5.74) is 4.11. The number of rotatable bonds is 5. The molecule has 0 bridgehead atoms. The first-order chi connectivity index (χ1) is 18.0. The number of pyridine rings is 1. The van der Waals surface area contributed by atoms with E-state index >= 15 is 0 Å². The Morgan fingerprint density at radius 2 is 1.87 bits per heavy atom. The number of aliphatic hydroxyl groups is 3. The number of aromatic nitrogens is 1. The molecule has 3 aliphatic rings. The summed E-state index contributed by atoms with van der Waals surface area (Å²) in [6.45, 7) is 0. The molecule has 10 heteroatoms. The first-order valence-electron chi connectivity index (χ1n) is 12.4. The molecule has 1 aromatic carbocycles. The Balaban J connectivity index is 1.62. The van der Waals surface area contributed by atoms with E-state index < -0.39 is 58.0 Å². The van der Waals surface area contributed by atoms with Gasteiger partial charge in [-0.1, -0.05) is 12.1 Å². The molecule has 0 aliphatic heterocycles. The first-order valence-corrected chi connectivity index (χ1v) is 12.4. The van der Waals surface area contributed by atoms with Gasteiger partial charge < -0.3 is 26.2 Å². The van der Waals surface area contributed by atoms with E-state index in [-0.39, 0.29) is 29.7 Å². The van der Waals surface area contributed by atoms with E-state index in [4.69, 9.17) is 5.73 Å². The molecule has 0 unspecified atom stereocenters. The number of benzene rings is 1. The Morgan fingerprint density at radius 1 is 1.13 bits per heavy atom. The Kier molecular flexibility index (Phi) is 6.12. The topological polar surface area (TPSA) is 174 Å². The smallest absolute Gasteiger partial charge is 0.255 e. The van der Waals surface area contributed by atoms with E-state index in [1.165, 1.54) is 11.0 Å². The molecule has 5 rings (SSSR count). The number of aromatic hydroxyl groups is 1. The minimum Gasteiger partial charge on any atom is -0.510 e. The van der Waals surface area contributed by atoms with Crippen molar-refractivity contribution < 1.29 is 34.8 Å². The highest BCUT2D eigenvalue weighted by molar-refractivity contribution is 6.24. The predicted octanol–water partition coefficient (Wildman–Crippen LogP) is 1.30. The van der Waals surface area contributed by atoms with E-state index in [1.807, 2.05) is 18.2 Å². The van der Waals surface area contributed by atoms with Gasteiger partial charge in [0.25, 0.3) is 5.91 Å². The fourth-order valence-corrected chi connectivity index (χ4v) is 6.36. The van der Waals surface area contributed by atoms with Crippen molar-refractivity contribution in [3.8, 4) is 5.75 Å². The summed E-state index contributed by atoms with van der Waals surface area (Å²) in [6, 6.07) is 7.78. The quantitative estimate of drug-likeness (QED) is 0.365. The van der Waals surface area contributed by atoms with Crippen LogP contribution < -0.4 is 5.73 Å². The molecule has 0 radical (unpaired) electrons. The molecule has 0 spiro atoms. The van der Waals surface area contributed by atoms with Gasteiger partial charge in [-0.25, -0.2) is 0 Å². The molecule has 1 heterocycles. The van der Waals surface area contributed by atoms with Crippen LogP contribution >= 0.6 is 0 Å². The Labute approximate surface area is 218 Å². The second kappa shape index (κ2) is 9.07. The van der Waals surface area contributed by atoms with Gasteiger partial charge in [0.15, 0.2) is 11.4 Å². The molecule has 38 heavy (non-hydrogen) atoms. The molecular weight excluding hydrogens is 490 g/mol. The molecule has 0 saturated heterocycles. The van der Waals surface area contributed by atoms with E-state index in [2.05, 4.69) is 4.98 Å². The van der Waals surface area contributed by atoms with Gasteiger partial charge >= 0.3 is 0 Å². The number of Topliss-reactive ketones (excluding diaryl/α,β-unsaturated/α-hetero) is 2. The number of phenols is 1. The minimum atomic E-state index is -2.64. The molecule has 10 nitrogen and oxygen atoms in total. The van der Waals surface area contributed by atoms with Gasteiger partial charge in [0.1, 0.15) is 22.8 Å². The largest absolute Gasteiger partial charge is 0.510 e. The third-order valence-electron chi connectivity index (χ3n) is 8.08. The summed E-state index contributed by atoms with van der Waals surface area (Å²) in [5.74, 6) is -6.56. The zero-order chi connectivity index (χ0) is 27.5. The van der Waals surface area contributed by atoms with Gasteiger partial charge in [-0.2, -0.15) is 0 Å². The van der Waals surface area contributed by atoms with Crippen molar-refractivity contribution >= 4 is 17.5 Å². The Bertz CT molecular complexity index is 1430. The van der Waals surface area contributed by atoms with Gasteiger partial charge in [-0.15, -0.1) is 0 Å². The first kappa shape index (κ1) is 25.6. The molecule has 1 amide bonds. The number of phenolic OH excluding ortho intramolecular Hbond substituents is 1. The fourth-order valence-electron chi connectivity index (χ4n) is 6.36. The van der Waals surface area contributed by atoms with Crippen LogP contribution in [0.15, 0.2) is 59.2 Å². The number of hydrogen-bond donors (Lipinski definition) is 5. The lowest BCUT2D eigenvalue weighted by molar-refractivity contribution is -0.148. The van der Waals surface area contributed by atoms with Gasteiger partial charge in [0.2, 0.25) is 5.78 Å². The number of primary amides is 1. The zero-order valence-corrected chi connectivity index (χ0v) is 21.0. The van der Waals surface area contributed by atoms with E-state index in [1.54, 1.807) is 26.4 Å². The summed E-state index contributed by atoms with van der Waals surface area (Å²) in [5, 5.41) is 44.5. The van der Waals surface area contributed by atoms with Crippen molar-refractivity contribution in [2.24, 2.45) is 17.6 Å². The number of nitrogens with two attached hydrogens (primary N) is 1. The van der Waals surface area contributed by atoms with Crippen LogP contribution in [0.2, 0.25) is 0 Å². The number of amides is 1. The number of carbonyl (C=O) groups excluding carboxylic acids is 3. The molecule has 4 atom stereocenters. The third-order valence-corrected chi connectivity index (χ3v) is 8.08. The summed E-state index contributed by atoms with van der Waals surface area (Å²) in [6.07, 6.45) is 3.19. The van der Waals surface area contributed by atoms with Crippen molar-refractivity contribution in [3.63, 3.8) is 0 Å². The highest BCUT2D eigenvalue weighted by Crippen LogP contribution is 2.52. The number of allylic oxidation sites excluding steroid dienone is 1. The maximum Gasteiger partial charge on any atom is 0.255 e. The van der Waals surface area contributed by atoms with E-state index in [0.717, 1.165) is 11.3 Å². The van der Waals surface area contributed by atoms with E-state index in [9.17, 15) is 34.8 Å². The lowest BCUT2D eigenvalue weighted by Crippen LogP contribution is -2.63. The highest BCUT2D eigenvalue weighted by atomic mass is 16.3. The Hall–Kier alpha value is -4.02. The van der Waals surface area contributed by atoms with Crippen LogP contribution in [0.5, 0.6) is 5.75 Å². The van der Waals surface area contributed by atoms with Gasteiger partial charge in [0.05, 0.1) is 11.6 Å². The van der Waals surface area contributed by atoms with Crippen LogP contribution in [0.1, 0.15) is 33.6 Å². The minimum absolute atomic E-state index is 0.0179. The number of carbonyl (C=O) groups is 3. The molecular formula is C28H29N3O7. The number of hydrogen-bond acceptors (Lipinski definition) is 9. The summed E-state index contributed by atoms with van der Waals surface area (Å²) in [4.78, 5) is 45.0. The normalized spacial score (nSPS) is 26.8. The summed E-state index contributed by atoms with van der Waals surface area (Å²) >= 11 is 0. The van der Waals surface area contributed by atoms with Gasteiger partial charge in [-0.05, 0) is 75.0 Å². The number of aryl methyl sites for hydroxylation is 2. The highest BCUT2D eigenvalue weighted by Gasteiger charge is 2.63. The summed E-state index contributed by atoms with van der Waals surface area (Å²) in [7, 11) is 3.20. The van der Waals surface area contributed by atoms with Crippen LogP contribution in [-0.2, 0) is 28.9 Å². The monoisotopic (exact) mass is 519 g/mol. The lowest BCUT2D eigenvalue weighted by atomic mass is 9.58. The number of ketones is 2. The standard InChI is InChI=1S/C28H29N3O7/c1-31(2)22-17-12-14-11-16-13(6-8-15-5-3-4-10-30-15)7-9-18(32)20(16)23(33)19(14)25(35)28(17,38)26(36)21(24(22)34)27(29)37/h3-5,7,9-10,14,17,22,32,34-35,38H,6,8,11-12H2,1-2H3,(H2,29,37)/t14-,17-,22-,28-/m1/s1. The molecule has 0 saturated carbocycles. The van der Waals surface area contributed by atoms with Crippen LogP contribution in [0.4, 0.5) is 0 Å². The van der Waals surface area contributed by atoms with Gasteiger partial charge in [-0.3, -0.25) is 24.3 Å². The van der Waals surface area contributed by atoms with Crippen molar-refractivity contribution in [2.45, 2.75) is 37.3 Å². The summed E-state index contributed by atoms with van der Waals surface area (Å²) < 4.78 is 0. The average molecular weight is 520 g/mol. The van der Waals surface area contributed by atoms with Crippen LogP contribution in [0.25, 0.3) is 0 Å². The fraction of sp³-hybridized carbons (Fsp3) is 0.357. The predicted molar refractivity (Wildman–Crippen MR) is 135 cm³/mol. The maximum absolute atomic E-state index is 13.8. The molecule has 3 aliphatic carbocycles. The van der Waals surface area contributed by atoms with Gasteiger partial charge in [0, 0.05) is 23.4 Å². The SMILES string of the molecule is CN(C)[C@H]1C(O)=C(C(N)=O)C(=O)[C@]2(O)C(O)=C3C(=O)c4c(O)ccc(CCc5ccccn5)c4C[C@@H]3C[C@H]12. The van der Waals surface area contributed by atoms with E-state index in [0.29, 0.717) is 18.4 Å². The van der Waals surface area contributed by atoms with Crippen LogP contribution in [-0.4, -0.2) is 73.5 Å². The number of nitrogens with zero attached hydrogens (tertiary/aromatic N) is 2. The number of aliphatic hydroxyl groups excluding tert-OH is 2. The second-order valence-electron chi connectivity index (χ2n) is 10.4. The lowest BCUT2D eigenvalue weighted by Gasteiger charge is -2.50. The number of fused-ring (bicyclic) bond motifs is 3. The molecule has 198 valence electrons. The second-order valence-corrected chi connectivity index (χ2v) is 10.4. The average Bonchev–Trinajstić information content (AvgIpc) is 2.86. The Morgan fingerprint density at radius 3 is 2.50 bits per heavy atom. The van der Waals surface area contributed by atoms with Crippen LogP contribution in [0.3, 0.4) is 0 Å². The molecule has 0 fully saturated rings. The molecule has 2 aromatic rings. The third kappa shape index (κ3) is 3.63. The maximum atomic E-state index is 13.8.